The summed E-state index contributed by atoms with van der Waals surface area (Å²) in [4.78, 5) is 10.7. The SMILES string of the molecule is Cc1ccc(C=CC(=O)O)cc1S(=O)(=O)N1CCC(O)C1. The van der Waals surface area contributed by atoms with Gasteiger partial charge in [-0.1, -0.05) is 12.1 Å². The largest absolute Gasteiger partial charge is 0.478 e. The van der Waals surface area contributed by atoms with E-state index in [0.717, 1.165) is 6.08 Å². The number of carbonyl (C=O) groups is 1. The maximum absolute atomic E-state index is 12.6. The predicted octanol–water partition coefficient (Wildman–Crippen LogP) is 0.848. The summed E-state index contributed by atoms with van der Waals surface area (Å²) in [5, 5.41) is 18.1. The molecule has 1 aliphatic rings. The molecule has 1 aromatic carbocycles. The molecule has 114 valence electrons. The molecule has 1 heterocycles. The van der Waals surface area contributed by atoms with Crippen LogP contribution in [0, 0.1) is 6.92 Å². The second-order valence-corrected chi connectivity index (χ2v) is 6.91. The molecular weight excluding hydrogens is 294 g/mol. The van der Waals surface area contributed by atoms with Crippen molar-refractivity contribution in [2.75, 3.05) is 13.1 Å². The number of nitrogens with zero attached hydrogens (tertiary/aromatic N) is 1. The Morgan fingerprint density at radius 2 is 2.14 bits per heavy atom. The predicted molar refractivity (Wildman–Crippen MR) is 77.2 cm³/mol. The number of aliphatic hydroxyl groups excluding tert-OH is 1. The smallest absolute Gasteiger partial charge is 0.328 e. The average Bonchev–Trinajstić information content (AvgIpc) is 2.85. The molecule has 0 radical (unpaired) electrons. The van der Waals surface area contributed by atoms with Gasteiger partial charge < -0.3 is 10.2 Å². The summed E-state index contributed by atoms with van der Waals surface area (Å²) in [6.07, 6.45) is 2.10. The molecule has 1 unspecified atom stereocenters. The van der Waals surface area contributed by atoms with Crippen LogP contribution in [0.25, 0.3) is 6.08 Å². The lowest BCUT2D eigenvalue weighted by Crippen LogP contribution is -2.30. The Morgan fingerprint density at radius 1 is 1.43 bits per heavy atom. The van der Waals surface area contributed by atoms with Crippen molar-refractivity contribution in [3.05, 3.63) is 35.4 Å². The Hall–Kier alpha value is -1.70. The number of hydrogen-bond acceptors (Lipinski definition) is 4. The fourth-order valence-corrected chi connectivity index (χ4v) is 3.99. The summed E-state index contributed by atoms with van der Waals surface area (Å²) in [6, 6.07) is 4.75. The zero-order chi connectivity index (χ0) is 15.6. The van der Waals surface area contributed by atoms with Crippen molar-refractivity contribution < 1.29 is 23.4 Å². The highest BCUT2D eigenvalue weighted by molar-refractivity contribution is 7.89. The van der Waals surface area contributed by atoms with Crippen molar-refractivity contribution in [1.29, 1.82) is 0 Å². The van der Waals surface area contributed by atoms with Crippen LogP contribution in [0.1, 0.15) is 17.5 Å². The lowest BCUT2D eigenvalue weighted by molar-refractivity contribution is -0.131. The number of hydrogen-bond donors (Lipinski definition) is 2. The molecule has 0 saturated carbocycles. The second kappa shape index (κ2) is 5.97. The first-order valence-corrected chi connectivity index (χ1v) is 7.94. The molecule has 0 bridgehead atoms. The molecule has 0 spiro atoms. The van der Waals surface area contributed by atoms with E-state index in [2.05, 4.69) is 0 Å². The molecule has 1 aliphatic heterocycles. The number of carboxylic acid groups (broad SMARTS) is 1. The Labute approximate surface area is 123 Å². The molecule has 21 heavy (non-hydrogen) atoms. The monoisotopic (exact) mass is 311 g/mol. The van der Waals surface area contributed by atoms with Crippen LogP contribution >= 0.6 is 0 Å². The molecule has 6 nitrogen and oxygen atoms in total. The van der Waals surface area contributed by atoms with Gasteiger partial charge in [0.1, 0.15) is 0 Å². The molecule has 1 aromatic rings. The number of aliphatic carboxylic acids is 1. The number of aryl methyl sites for hydroxylation is 1. The fraction of sp³-hybridized carbons (Fsp3) is 0.357. The maximum Gasteiger partial charge on any atom is 0.328 e. The Kier molecular flexibility index (Phi) is 4.46. The van der Waals surface area contributed by atoms with Crippen molar-refractivity contribution in [1.82, 2.24) is 4.31 Å². The van der Waals surface area contributed by atoms with Gasteiger partial charge in [-0.05, 0) is 36.6 Å². The van der Waals surface area contributed by atoms with Gasteiger partial charge in [-0.15, -0.1) is 0 Å². The Bertz CT molecular complexity index is 681. The minimum atomic E-state index is -3.67. The van der Waals surface area contributed by atoms with Crippen molar-refractivity contribution in [3.63, 3.8) is 0 Å². The molecule has 1 fully saturated rings. The molecule has 0 amide bonds. The summed E-state index contributed by atoms with van der Waals surface area (Å²) in [5.74, 6) is -1.09. The standard InChI is InChI=1S/C14H17NO5S/c1-10-2-3-11(4-5-14(17)18)8-13(10)21(19,20)15-7-6-12(16)9-15/h2-5,8,12,16H,6-7,9H2,1H3,(H,17,18). The van der Waals surface area contributed by atoms with Crippen LogP contribution < -0.4 is 0 Å². The number of carboxylic acids is 1. The van der Waals surface area contributed by atoms with Crippen LogP contribution in [-0.2, 0) is 14.8 Å². The van der Waals surface area contributed by atoms with E-state index in [1.165, 1.54) is 16.4 Å². The highest BCUT2D eigenvalue weighted by Gasteiger charge is 2.32. The van der Waals surface area contributed by atoms with Gasteiger partial charge >= 0.3 is 5.97 Å². The second-order valence-electron chi connectivity index (χ2n) is 5.00. The number of rotatable bonds is 4. The first kappa shape index (κ1) is 15.7. The van der Waals surface area contributed by atoms with E-state index in [-0.39, 0.29) is 18.0 Å². The quantitative estimate of drug-likeness (QED) is 0.804. The number of β-amino-alcohol motifs (C(OH)–C–C–N with tert-alkyl or cyclic N) is 1. The van der Waals surface area contributed by atoms with Gasteiger partial charge in [0.15, 0.2) is 0 Å². The van der Waals surface area contributed by atoms with Gasteiger partial charge in [0.05, 0.1) is 11.0 Å². The molecular formula is C14H17NO5S. The zero-order valence-electron chi connectivity index (χ0n) is 11.6. The molecule has 1 saturated heterocycles. The van der Waals surface area contributed by atoms with Crippen LogP contribution in [0.2, 0.25) is 0 Å². The lowest BCUT2D eigenvalue weighted by Gasteiger charge is -2.17. The van der Waals surface area contributed by atoms with E-state index in [4.69, 9.17) is 5.11 Å². The van der Waals surface area contributed by atoms with Crippen molar-refractivity contribution in [2.24, 2.45) is 0 Å². The average molecular weight is 311 g/mol. The molecule has 1 atom stereocenters. The van der Waals surface area contributed by atoms with Crippen LogP contribution in [0.15, 0.2) is 29.2 Å². The zero-order valence-corrected chi connectivity index (χ0v) is 12.4. The Balaban J connectivity index is 2.38. The molecule has 7 heteroatoms. The molecule has 0 aliphatic carbocycles. The van der Waals surface area contributed by atoms with Gasteiger partial charge in [0.2, 0.25) is 10.0 Å². The van der Waals surface area contributed by atoms with Crippen molar-refractivity contribution in [3.8, 4) is 0 Å². The van der Waals surface area contributed by atoms with E-state index >= 15 is 0 Å². The van der Waals surface area contributed by atoms with E-state index in [1.807, 2.05) is 0 Å². The van der Waals surface area contributed by atoms with Gasteiger partial charge in [-0.25, -0.2) is 13.2 Å². The summed E-state index contributed by atoms with van der Waals surface area (Å²) < 4.78 is 26.4. The normalized spacial score (nSPS) is 20.2. The van der Waals surface area contributed by atoms with Crippen LogP contribution in [0.5, 0.6) is 0 Å². The molecule has 2 N–H and O–H groups in total. The number of aliphatic hydroxyl groups is 1. The summed E-state index contributed by atoms with van der Waals surface area (Å²) in [7, 11) is -3.67. The topological polar surface area (TPSA) is 94.9 Å². The first-order valence-electron chi connectivity index (χ1n) is 6.50. The van der Waals surface area contributed by atoms with Gasteiger partial charge in [-0.3, -0.25) is 0 Å². The number of sulfonamides is 1. The maximum atomic E-state index is 12.6. The van der Waals surface area contributed by atoms with Crippen LogP contribution in [0.4, 0.5) is 0 Å². The highest BCUT2D eigenvalue weighted by Crippen LogP contribution is 2.25. The van der Waals surface area contributed by atoms with E-state index < -0.39 is 22.1 Å². The minimum absolute atomic E-state index is 0.0942. The van der Waals surface area contributed by atoms with E-state index in [1.54, 1.807) is 19.1 Å². The van der Waals surface area contributed by atoms with Gasteiger partial charge in [-0.2, -0.15) is 4.31 Å². The van der Waals surface area contributed by atoms with Crippen LogP contribution in [-0.4, -0.2) is 48.1 Å². The minimum Gasteiger partial charge on any atom is -0.478 e. The summed E-state index contributed by atoms with van der Waals surface area (Å²) in [5.41, 5.74) is 1.09. The third-order valence-electron chi connectivity index (χ3n) is 3.37. The molecule has 0 aromatic heterocycles. The summed E-state index contributed by atoms with van der Waals surface area (Å²) in [6.45, 7) is 2.07. The van der Waals surface area contributed by atoms with Crippen molar-refractivity contribution >= 4 is 22.1 Å². The Morgan fingerprint density at radius 3 is 2.71 bits per heavy atom. The van der Waals surface area contributed by atoms with Crippen molar-refractivity contribution in [2.45, 2.75) is 24.3 Å². The third-order valence-corrected chi connectivity index (χ3v) is 5.38. The van der Waals surface area contributed by atoms with Crippen LogP contribution in [0.3, 0.4) is 0 Å². The summed E-state index contributed by atoms with van der Waals surface area (Å²) >= 11 is 0. The number of benzene rings is 1. The highest BCUT2D eigenvalue weighted by atomic mass is 32.2. The van der Waals surface area contributed by atoms with E-state index in [9.17, 15) is 18.3 Å². The third kappa shape index (κ3) is 3.49. The van der Waals surface area contributed by atoms with E-state index in [0.29, 0.717) is 17.5 Å². The first-order chi connectivity index (χ1) is 9.80. The van der Waals surface area contributed by atoms with Gasteiger partial charge in [0, 0.05) is 19.2 Å². The molecule has 2 rings (SSSR count). The lowest BCUT2D eigenvalue weighted by atomic mass is 10.1. The van der Waals surface area contributed by atoms with Gasteiger partial charge in [0.25, 0.3) is 0 Å². The fourth-order valence-electron chi connectivity index (χ4n) is 2.23.